The van der Waals surface area contributed by atoms with Gasteiger partial charge in [0.15, 0.2) is 0 Å². The third kappa shape index (κ3) is 1.84. The summed E-state index contributed by atoms with van der Waals surface area (Å²) < 4.78 is 5.01. The van der Waals surface area contributed by atoms with Gasteiger partial charge in [-0.25, -0.2) is 0 Å². The smallest absolute Gasteiger partial charge is 0.230 e. The summed E-state index contributed by atoms with van der Waals surface area (Å²) in [7, 11) is 2.09. The molecule has 0 radical (unpaired) electrons. The highest BCUT2D eigenvalue weighted by Gasteiger charge is 2.31. The average Bonchev–Trinajstić information content (AvgIpc) is 2.02. The fourth-order valence-electron chi connectivity index (χ4n) is 1.66. The lowest BCUT2D eigenvalue weighted by Crippen LogP contribution is -2.52. The van der Waals surface area contributed by atoms with Crippen LogP contribution in [0.1, 0.15) is 0 Å². The molecule has 2 aliphatic heterocycles. The molecule has 0 N–H and O–H groups in total. The molecular weight excluding hydrogens is 168 g/mol. The molecule has 4 heteroatoms. The number of amides is 1. The van der Waals surface area contributed by atoms with Gasteiger partial charge >= 0.3 is 0 Å². The number of hydrogen-bond donors (Lipinski definition) is 0. The van der Waals surface area contributed by atoms with E-state index in [1.165, 1.54) is 0 Å². The van der Waals surface area contributed by atoms with Gasteiger partial charge in [0, 0.05) is 26.2 Å². The van der Waals surface area contributed by atoms with Crippen LogP contribution in [-0.2, 0) is 9.53 Å². The molecule has 0 atom stereocenters. The van der Waals surface area contributed by atoms with E-state index in [4.69, 9.17) is 4.74 Å². The molecule has 0 bridgehead atoms. The van der Waals surface area contributed by atoms with E-state index in [1.54, 1.807) is 0 Å². The first-order chi connectivity index (χ1) is 6.27. The van der Waals surface area contributed by atoms with Crippen molar-refractivity contribution in [2.45, 2.75) is 0 Å². The zero-order chi connectivity index (χ0) is 9.26. The number of nitrogens with zero attached hydrogens (tertiary/aromatic N) is 2. The van der Waals surface area contributed by atoms with E-state index in [1.807, 2.05) is 4.90 Å². The number of hydrogen-bond acceptors (Lipinski definition) is 3. The standard InChI is InChI=1S/C9H16N2O2/c1-10-2-4-11(5-3-10)9(12)8-6-13-7-8/h8H,2-7H2,1H3. The van der Waals surface area contributed by atoms with Crippen molar-refractivity contribution in [3.05, 3.63) is 0 Å². The molecule has 0 aromatic carbocycles. The first kappa shape index (κ1) is 8.97. The lowest BCUT2D eigenvalue weighted by Gasteiger charge is -2.36. The maximum Gasteiger partial charge on any atom is 0.230 e. The molecule has 13 heavy (non-hydrogen) atoms. The van der Waals surface area contributed by atoms with E-state index in [9.17, 15) is 4.79 Å². The fourth-order valence-corrected chi connectivity index (χ4v) is 1.66. The maximum atomic E-state index is 11.7. The van der Waals surface area contributed by atoms with Gasteiger partial charge in [-0.3, -0.25) is 4.79 Å². The van der Waals surface area contributed by atoms with Crippen molar-refractivity contribution >= 4 is 5.91 Å². The molecule has 1 amide bonds. The summed E-state index contributed by atoms with van der Waals surface area (Å²) in [6.45, 7) is 5.02. The minimum Gasteiger partial charge on any atom is -0.380 e. The highest BCUT2D eigenvalue weighted by atomic mass is 16.5. The summed E-state index contributed by atoms with van der Waals surface area (Å²) in [6, 6.07) is 0. The molecule has 2 rings (SSSR count). The van der Waals surface area contributed by atoms with Gasteiger partial charge in [-0.1, -0.05) is 0 Å². The first-order valence-electron chi connectivity index (χ1n) is 4.82. The summed E-state index contributed by atoms with van der Waals surface area (Å²) >= 11 is 0. The van der Waals surface area contributed by atoms with Crippen LogP contribution in [0.3, 0.4) is 0 Å². The van der Waals surface area contributed by atoms with Crippen LogP contribution in [0.5, 0.6) is 0 Å². The lowest BCUT2D eigenvalue weighted by atomic mass is 10.1. The predicted octanol–water partition coefficient (Wildman–Crippen LogP) is -0.593. The van der Waals surface area contributed by atoms with Crippen LogP contribution in [0, 0.1) is 5.92 Å². The summed E-state index contributed by atoms with van der Waals surface area (Å²) in [6.07, 6.45) is 0. The second-order valence-corrected chi connectivity index (χ2v) is 3.86. The first-order valence-corrected chi connectivity index (χ1v) is 4.82. The van der Waals surface area contributed by atoms with E-state index in [2.05, 4.69) is 11.9 Å². The molecule has 0 saturated carbocycles. The molecule has 2 aliphatic rings. The molecular formula is C9H16N2O2. The Hall–Kier alpha value is -0.610. The van der Waals surface area contributed by atoms with E-state index in [0.29, 0.717) is 19.1 Å². The summed E-state index contributed by atoms with van der Waals surface area (Å²) in [5.41, 5.74) is 0. The van der Waals surface area contributed by atoms with Crippen molar-refractivity contribution in [1.29, 1.82) is 0 Å². The Labute approximate surface area is 78.4 Å². The molecule has 2 saturated heterocycles. The Kier molecular flexibility index (Phi) is 2.51. The number of ether oxygens (including phenoxy) is 1. The number of likely N-dealkylation sites (N-methyl/N-ethyl adjacent to an activating group) is 1. The zero-order valence-corrected chi connectivity index (χ0v) is 8.03. The quantitative estimate of drug-likeness (QED) is 0.546. The third-order valence-corrected chi connectivity index (χ3v) is 2.80. The van der Waals surface area contributed by atoms with Crippen LogP contribution < -0.4 is 0 Å². The van der Waals surface area contributed by atoms with Crippen molar-refractivity contribution < 1.29 is 9.53 Å². The van der Waals surface area contributed by atoms with Crippen molar-refractivity contribution in [2.24, 2.45) is 5.92 Å². The SMILES string of the molecule is CN1CCN(C(=O)C2COC2)CC1. The van der Waals surface area contributed by atoms with Gasteiger partial charge in [0.2, 0.25) is 5.91 Å². The maximum absolute atomic E-state index is 11.7. The van der Waals surface area contributed by atoms with Gasteiger partial charge in [-0.05, 0) is 7.05 Å². The molecule has 0 aliphatic carbocycles. The van der Waals surface area contributed by atoms with Crippen LogP contribution in [0.25, 0.3) is 0 Å². The Morgan fingerprint density at radius 2 is 1.85 bits per heavy atom. The normalized spacial score (nSPS) is 25.8. The van der Waals surface area contributed by atoms with Crippen LogP contribution in [0.4, 0.5) is 0 Å². The van der Waals surface area contributed by atoms with E-state index < -0.39 is 0 Å². The van der Waals surface area contributed by atoms with Crippen LogP contribution >= 0.6 is 0 Å². The van der Waals surface area contributed by atoms with Gasteiger partial charge in [-0.2, -0.15) is 0 Å². The highest BCUT2D eigenvalue weighted by molar-refractivity contribution is 5.79. The monoisotopic (exact) mass is 184 g/mol. The Bertz CT molecular complexity index is 196. The van der Waals surface area contributed by atoms with Gasteiger partial charge in [-0.15, -0.1) is 0 Å². The lowest BCUT2D eigenvalue weighted by molar-refractivity contribution is -0.151. The Balaban J connectivity index is 1.83. The number of carbonyl (C=O) groups excluding carboxylic acids is 1. The number of piperazine rings is 1. The predicted molar refractivity (Wildman–Crippen MR) is 48.4 cm³/mol. The molecule has 74 valence electrons. The highest BCUT2D eigenvalue weighted by Crippen LogP contribution is 2.14. The Morgan fingerprint density at radius 3 is 2.31 bits per heavy atom. The molecule has 4 nitrogen and oxygen atoms in total. The van der Waals surface area contributed by atoms with Crippen molar-refractivity contribution in [2.75, 3.05) is 46.4 Å². The summed E-state index contributed by atoms with van der Waals surface area (Å²) in [4.78, 5) is 15.9. The van der Waals surface area contributed by atoms with Gasteiger partial charge in [0.25, 0.3) is 0 Å². The van der Waals surface area contributed by atoms with Gasteiger partial charge in [0.05, 0.1) is 19.1 Å². The van der Waals surface area contributed by atoms with Crippen molar-refractivity contribution in [3.8, 4) is 0 Å². The van der Waals surface area contributed by atoms with E-state index in [0.717, 1.165) is 26.2 Å². The second kappa shape index (κ2) is 3.64. The largest absolute Gasteiger partial charge is 0.380 e. The topological polar surface area (TPSA) is 32.8 Å². The molecule has 0 aromatic heterocycles. The summed E-state index contributed by atoms with van der Waals surface area (Å²) in [5, 5.41) is 0. The fraction of sp³-hybridized carbons (Fsp3) is 0.889. The third-order valence-electron chi connectivity index (χ3n) is 2.80. The molecule has 0 unspecified atom stereocenters. The van der Waals surface area contributed by atoms with E-state index in [-0.39, 0.29) is 5.92 Å². The van der Waals surface area contributed by atoms with Gasteiger partial charge < -0.3 is 14.5 Å². The van der Waals surface area contributed by atoms with E-state index >= 15 is 0 Å². The minimum atomic E-state index is 0.156. The van der Waals surface area contributed by atoms with Crippen molar-refractivity contribution in [3.63, 3.8) is 0 Å². The average molecular weight is 184 g/mol. The van der Waals surface area contributed by atoms with Crippen LogP contribution in [0.2, 0.25) is 0 Å². The Morgan fingerprint density at radius 1 is 1.23 bits per heavy atom. The van der Waals surface area contributed by atoms with Crippen LogP contribution in [-0.4, -0.2) is 62.1 Å². The van der Waals surface area contributed by atoms with Gasteiger partial charge in [0.1, 0.15) is 0 Å². The number of rotatable bonds is 1. The minimum absolute atomic E-state index is 0.156. The molecule has 0 spiro atoms. The van der Waals surface area contributed by atoms with Crippen molar-refractivity contribution in [1.82, 2.24) is 9.80 Å². The van der Waals surface area contributed by atoms with Crippen LogP contribution in [0.15, 0.2) is 0 Å². The molecule has 2 heterocycles. The molecule has 2 fully saturated rings. The number of carbonyl (C=O) groups is 1. The second-order valence-electron chi connectivity index (χ2n) is 3.86. The summed E-state index contributed by atoms with van der Waals surface area (Å²) in [5.74, 6) is 0.447. The zero-order valence-electron chi connectivity index (χ0n) is 8.03. The molecule has 0 aromatic rings.